The number of benzene rings is 1. The van der Waals surface area contributed by atoms with E-state index in [-0.39, 0.29) is 11.4 Å². The van der Waals surface area contributed by atoms with Gasteiger partial charge in [0.2, 0.25) is 0 Å². The molecule has 2 fully saturated rings. The molecule has 146 valence electrons. The van der Waals surface area contributed by atoms with Crippen molar-refractivity contribution in [3.05, 3.63) is 47.5 Å². The van der Waals surface area contributed by atoms with E-state index in [1.807, 2.05) is 19.2 Å². The third kappa shape index (κ3) is 3.78. The molecule has 4 rings (SSSR count). The molecule has 0 saturated carbocycles. The number of likely N-dealkylation sites (N-methyl/N-ethyl adjacent to an activating group) is 1. The third-order valence-corrected chi connectivity index (χ3v) is 5.56. The summed E-state index contributed by atoms with van der Waals surface area (Å²) in [6, 6.07) is 6.72. The summed E-state index contributed by atoms with van der Waals surface area (Å²) < 4.78 is 27.5. The lowest BCUT2D eigenvalue weighted by Gasteiger charge is -2.47. The number of aromatic nitrogens is 2. The van der Waals surface area contributed by atoms with E-state index in [0.29, 0.717) is 25.5 Å². The van der Waals surface area contributed by atoms with Crippen LogP contribution in [0.3, 0.4) is 0 Å². The van der Waals surface area contributed by atoms with Crippen LogP contribution in [0, 0.1) is 12.7 Å². The van der Waals surface area contributed by atoms with E-state index in [0.717, 1.165) is 44.0 Å². The van der Waals surface area contributed by atoms with Crippen molar-refractivity contribution in [2.24, 2.45) is 0 Å². The summed E-state index contributed by atoms with van der Waals surface area (Å²) in [5.41, 5.74) is 2.34. The number of para-hydroxylation sites is 1. The maximum Gasteiger partial charge on any atom is 0.148 e. The monoisotopic (exact) mass is 374 g/mol. The molecule has 2 aliphatic rings. The molecule has 1 unspecified atom stereocenters. The lowest BCUT2D eigenvalue weighted by atomic mass is 9.96. The van der Waals surface area contributed by atoms with Crippen molar-refractivity contribution >= 4 is 0 Å². The minimum atomic E-state index is -0.270. The summed E-state index contributed by atoms with van der Waals surface area (Å²) in [5, 5.41) is 4.55. The summed E-state index contributed by atoms with van der Waals surface area (Å²) in [5.74, 6) is -0.270. The van der Waals surface area contributed by atoms with Crippen LogP contribution in [0.25, 0.3) is 5.69 Å². The van der Waals surface area contributed by atoms with Gasteiger partial charge in [-0.2, -0.15) is 5.10 Å². The molecule has 1 spiro atoms. The summed E-state index contributed by atoms with van der Waals surface area (Å²) in [6.45, 7) is 8.21. The highest BCUT2D eigenvalue weighted by Gasteiger charge is 2.42. The van der Waals surface area contributed by atoms with Gasteiger partial charge in [-0.1, -0.05) is 12.1 Å². The van der Waals surface area contributed by atoms with Gasteiger partial charge < -0.3 is 14.4 Å². The van der Waals surface area contributed by atoms with Crippen LogP contribution >= 0.6 is 0 Å². The van der Waals surface area contributed by atoms with Gasteiger partial charge in [0.25, 0.3) is 0 Å². The fourth-order valence-corrected chi connectivity index (χ4v) is 4.02. The Hall–Kier alpha value is -1.80. The van der Waals surface area contributed by atoms with E-state index in [1.165, 1.54) is 6.07 Å². The average Bonchev–Trinajstić information content (AvgIpc) is 2.90. The molecule has 6 nitrogen and oxygen atoms in total. The van der Waals surface area contributed by atoms with Gasteiger partial charge in [0.05, 0.1) is 37.7 Å². The first-order chi connectivity index (χ1) is 13.1. The van der Waals surface area contributed by atoms with Gasteiger partial charge in [0, 0.05) is 37.9 Å². The summed E-state index contributed by atoms with van der Waals surface area (Å²) in [7, 11) is 2.13. The Kier molecular flexibility index (Phi) is 5.27. The third-order valence-electron chi connectivity index (χ3n) is 5.56. The van der Waals surface area contributed by atoms with Gasteiger partial charge in [-0.15, -0.1) is 0 Å². The van der Waals surface area contributed by atoms with Crippen molar-refractivity contribution in [3.8, 4) is 5.69 Å². The predicted molar refractivity (Wildman–Crippen MR) is 101 cm³/mol. The average molecular weight is 374 g/mol. The van der Waals surface area contributed by atoms with Gasteiger partial charge in [-0.25, -0.2) is 9.07 Å². The van der Waals surface area contributed by atoms with E-state index in [2.05, 4.69) is 21.9 Å². The van der Waals surface area contributed by atoms with Crippen LogP contribution in [-0.4, -0.2) is 78.2 Å². The second-order valence-corrected chi connectivity index (χ2v) is 7.62. The van der Waals surface area contributed by atoms with Crippen LogP contribution in [0.2, 0.25) is 0 Å². The molecule has 0 amide bonds. The molecule has 1 aromatic carbocycles. The number of hydrogen-bond acceptors (Lipinski definition) is 5. The lowest BCUT2D eigenvalue weighted by Crippen LogP contribution is -2.63. The number of halogens is 1. The number of nitrogens with zero attached hydrogens (tertiary/aromatic N) is 4. The molecule has 0 N–H and O–H groups in total. The normalized spacial score (nSPS) is 25.0. The van der Waals surface area contributed by atoms with E-state index in [1.54, 1.807) is 16.8 Å². The summed E-state index contributed by atoms with van der Waals surface area (Å²) in [6.07, 6.45) is 1.94. The van der Waals surface area contributed by atoms with Crippen LogP contribution < -0.4 is 0 Å². The highest BCUT2D eigenvalue weighted by Crippen LogP contribution is 2.27. The Morgan fingerprint density at radius 2 is 1.89 bits per heavy atom. The van der Waals surface area contributed by atoms with E-state index >= 15 is 0 Å². The quantitative estimate of drug-likeness (QED) is 0.820. The van der Waals surface area contributed by atoms with Crippen LogP contribution in [0.4, 0.5) is 4.39 Å². The highest BCUT2D eigenvalue weighted by molar-refractivity contribution is 5.34. The number of hydrogen-bond donors (Lipinski definition) is 0. The van der Waals surface area contributed by atoms with Gasteiger partial charge >= 0.3 is 0 Å². The van der Waals surface area contributed by atoms with Gasteiger partial charge in [0.1, 0.15) is 11.5 Å². The van der Waals surface area contributed by atoms with E-state index in [4.69, 9.17) is 9.47 Å². The topological polar surface area (TPSA) is 42.8 Å². The van der Waals surface area contributed by atoms with Crippen molar-refractivity contribution in [2.75, 3.05) is 53.1 Å². The largest absolute Gasteiger partial charge is 0.378 e. The molecule has 7 heteroatoms. The maximum atomic E-state index is 14.1. The zero-order chi connectivity index (χ0) is 18.9. The van der Waals surface area contributed by atoms with Crippen LogP contribution in [-0.2, 0) is 16.0 Å². The Morgan fingerprint density at radius 3 is 2.67 bits per heavy atom. The molecule has 2 aromatic rings. The first-order valence-electron chi connectivity index (χ1n) is 9.47. The van der Waals surface area contributed by atoms with Crippen molar-refractivity contribution in [2.45, 2.75) is 19.0 Å². The van der Waals surface area contributed by atoms with Crippen molar-refractivity contribution in [1.29, 1.82) is 0 Å². The molecular weight excluding hydrogens is 347 g/mol. The summed E-state index contributed by atoms with van der Waals surface area (Å²) >= 11 is 0. The molecule has 0 radical (unpaired) electrons. The molecule has 2 aliphatic heterocycles. The molecule has 0 bridgehead atoms. The first kappa shape index (κ1) is 18.6. The maximum absolute atomic E-state index is 14.1. The van der Waals surface area contributed by atoms with E-state index < -0.39 is 0 Å². The second-order valence-electron chi connectivity index (χ2n) is 7.62. The van der Waals surface area contributed by atoms with Crippen LogP contribution in [0.1, 0.15) is 11.3 Å². The Bertz CT molecular complexity index is 796. The fourth-order valence-electron chi connectivity index (χ4n) is 4.02. The van der Waals surface area contributed by atoms with Crippen molar-refractivity contribution in [1.82, 2.24) is 19.6 Å². The predicted octanol–water partition coefficient (Wildman–Crippen LogP) is 1.85. The SMILES string of the molecule is Cc1nn(-c2ccccc2F)cc1CN1CCOCC12COCCN(C)C2. The minimum absolute atomic E-state index is 0.157. The fraction of sp³-hybridized carbons (Fsp3) is 0.550. The summed E-state index contributed by atoms with van der Waals surface area (Å²) in [4.78, 5) is 4.76. The zero-order valence-corrected chi connectivity index (χ0v) is 16.0. The molecule has 27 heavy (non-hydrogen) atoms. The molecule has 1 aromatic heterocycles. The number of morpholine rings is 1. The number of aryl methyl sites for hydroxylation is 1. The Morgan fingerprint density at radius 1 is 1.15 bits per heavy atom. The molecule has 0 aliphatic carbocycles. The minimum Gasteiger partial charge on any atom is -0.378 e. The molecule has 3 heterocycles. The zero-order valence-electron chi connectivity index (χ0n) is 16.0. The smallest absolute Gasteiger partial charge is 0.148 e. The molecule has 2 saturated heterocycles. The van der Waals surface area contributed by atoms with Crippen molar-refractivity contribution in [3.63, 3.8) is 0 Å². The Balaban J connectivity index is 1.60. The van der Waals surface area contributed by atoms with Crippen LogP contribution in [0.5, 0.6) is 0 Å². The van der Waals surface area contributed by atoms with Crippen LogP contribution in [0.15, 0.2) is 30.5 Å². The van der Waals surface area contributed by atoms with Gasteiger partial charge in [0.15, 0.2) is 0 Å². The van der Waals surface area contributed by atoms with Gasteiger partial charge in [-0.3, -0.25) is 4.90 Å². The highest BCUT2D eigenvalue weighted by atomic mass is 19.1. The lowest BCUT2D eigenvalue weighted by molar-refractivity contribution is -0.104. The van der Waals surface area contributed by atoms with E-state index in [9.17, 15) is 4.39 Å². The number of ether oxygens (including phenoxy) is 2. The van der Waals surface area contributed by atoms with Gasteiger partial charge in [-0.05, 0) is 26.1 Å². The molecular formula is C20H27FN4O2. The first-order valence-corrected chi connectivity index (χ1v) is 9.47. The molecule has 1 atom stereocenters. The second kappa shape index (κ2) is 7.67. The number of rotatable bonds is 3. The van der Waals surface area contributed by atoms with Crippen molar-refractivity contribution < 1.29 is 13.9 Å². The Labute approximate surface area is 159 Å². The standard InChI is InChI=1S/C20H27FN4O2/c1-16-17(12-25(22-16)19-6-4-3-5-18(19)21)11-24-8-10-27-15-20(24)13-23(2)7-9-26-14-20/h3-6,12H,7-11,13-15H2,1-2H3.